The first-order valence-electron chi connectivity index (χ1n) is 6.88. The summed E-state index contributed by atoms with van der Waals surface area (Å²) in [6.45, 7) is 10.8. The highest BCUT2D eigenvalue weighted by Gasteiger charge is 2.13. The van der Waals surface area contributed by atoms with Crippen LogP contribution >= 0.6 is 11.6 Å². The molecule has 0 fully saturated rings. The average Bonchev–Trinajstić information content (AvgIpc) is 2.78. The number of rotatable bonds is 4. The summed E-state index contributed by atoms with van der Waals surface area (Å²) in [5.41, 5.74) is 2.74. The van der Waals surface area contributed by atoms with E-state index in [1.54, 1.807) is 6.26 Å². The highest BCUT2D eigenvalue weighted by Crippen LogP contribution is 2.30. The van der Waals surface area contributed by atoms with Gasteiger partial charge in [-0.25, -0.2) is 0 Å². The molecule has 1 aromatic carbocycles. The molecule has 0 bridgehead atoms. The Bertz CT molecular complexity index is 606. The molecule has 0 aliphatic heterocycles. The van der Waals surface area contributed by atoms with Crippen LogP contribution in [0.5, 0.6) is 11.8 Å². The van der Waals surface area contributed by atoms with Gasteiger partial charge in [0, 0.05) is 17.1 Å². The van der Waals surface area contributed by atoms with Gasteiger partial charge in [-0.2, -0.15) is 4.98 Å². The zero-order valence-corrected chi connectivity index (χ0v) is 13.8. The predicted octanol–water partition coefficient (Wildman–Crippen LogP) is 4.63. The number of halogens is 1. The summed E-state index contributed by atoms with van der Waals surface area (Å²) in [4.78, 5) is 4.33. The summed E-state index contributed by atoms with van der Waals surface area (Å²) in [6.07, 6.45) is 1.85. The smallest absolute Gasteiger partial charge is 0.399 e. The van der Waals surface area contributed by atoms with Crippen LogP contribution in [0.4, 0.5) is 0 Å². The van der Waals surface area contributed by atoms with Gasteiger partial charge in [0.15, 0.2) is 0 Å². The van der Waals surface area contributed by atoms with Crippen molar-refractivity contribution in [3.8, 4) is 11.8 Å². The summed E-state index contributed by atoms with van der Waals surface area (Å²) in [7, 11) is 0. The fourth-order valence-electron chi connectivity index (χ4n) is 1.92. The van der Waals surface area contributed by atoms with Crippen LogP contribution in [0.3, 0.4) is 0 Å². The van der Waals surface area contributed by atoms with Gasteiger partial charge in [0.1, 0.15) is 12.0 Å². The Morgan fingerprint density at radius 3 is 2.43 bits per heavy atom. The molecule has 1 aromatic heterocycles. The molecule has 21 heavy (non-hydrogen) atoms. The molecule has 2 rings (SSSR count). The first-order chi connectivity index (χ1) is 9.74. The molecule has 1 heterocycles. The average molecular weight is 309 g/mol. The van der Waals surface area contributed by atoms with E-state index in [4.69, 9.17) is 20.8 Å². The van der Waals surface area contributed by atoms with Crippen LogP contribution in [0.25, 0.3) is 0 Å². The molecule has 2 aromatic rings. The number of aromatic nitrogens is 1. The molecule has 0 aliphatic carbocycles. The molecule has 114 valence electrons. The summed E-state index contributed by atoms with van der Waals surface area (Å²) in [6, 6.07) is 3.71. The Kier molecular flexibility index (Phi) is 4.59. The van der Waals surface area contributed by atoms with Crippen LogP contribution < -0.4 is 10.1 Å². The Balaban J connectivity index is 2.10. The first kappa shape index (κ1) is 15.9. The van der Waals surface area contributed by atoms with Crippen molar-refractivity contribution in [3.05, 3.63) is 40.2 Å². The number of oxazole rings is 1. The zero-order valence-electron chi connectivity index (χ0n) is 13.1. The van der Waals surface area contributed by atoms with Gasteiger partial charge in [0.25, 0.3) is 0 Å². The molecule has 5 heteroatoms. The van der Waals surface area contributed by atoms with Crippen LogP contribution in [-0.2, 0) is 6.54 Å². The normalized spacial score (nSPS) is 11.7. The molecular formula is C16H21ClN2O2. The first-order valence-corrected chi connectivity index (χ1v) is 7.26. The van der Waals surface area contributed by atoms with E-state index >= 15 is 0 Å². The second-order valence-electron chi connectivity index (χ2n) is 6.18. The number of benzene rings is 1. The Morgan fingerprint density at radius 2 is 1.86 bits per heavy atom. The van der Waals surface area contributed by atoms with E-state index in [9.17, 15) is 0 Å². The van der Waals surface area contributed by atoms with E-state index < -0.39 is 0 Å². The Hall–Kier alpha value is -1.52. The minimum atomic E-state index is 0.0311. The van der Waals surface area contributed by atoms with Crippen LogP contribution in [0.1, 0.15) is 37.6 Å². The number of hydrogen-bond acceptors (Lipinski definition) is 4. The molecule has 1 N–H and O–H groups in total. The van der Waals surface area contributed by atoms with E-state index in [-0.39, 0.29) is 11.6 Å². The van der Waals surface area contributed by atoms with Gasteiger partial charge in [-0.3, -0.25) is 0 Å². The number of nitrogens with one attached hydrogen (secondary N) is 1. The van der Waals surface area contributed by atoms with E-state index in [1.165, 1.54) is 0 Å². The van der Waals surface area contributed by atoms with Gasteiger partial charge in [-0.05, 0) is 57.9 Å². The van der Waals surface area contributed by atoms with Crippen LogP contribution in [0.15, 0.2) is 22.8 Å². The lowest BCUT2D eigenvalue weighted by molar-refractivity contribution is 0.327. The van der Waals surface area contributed by atoms with Crippen molar-refractivity contribution in [2.45, 2.75) is 46.7 Å². The van der Waals surface area contributed by atoms with Gasteiger partial charge in [0.2, 0.25) is 0 Å². The quantitative estimate of drug-likeness (QED) is 0.895. The van der Waals surface area contributed by atoms with Gasteiger partial charge >= 0.3 is 6.08 Å². The molecule has 0 aliphatic rings. The van der Waals surface area contributed by atoms with Gasteiger partial charge < -0.3 is 14.5 Å². The zero-order chi connectivity index (χ0) is 15.6. The maximum Gasteiger partial charge on any atom is 0.399 e. The van der Waals surface area contributed by atoms with Crippen molar-refractivity contribution < 1.29 is 9.15 Å². The van der Waals surface area contributed by atoms with Gasteiger partial charge in [0.05, 0.1) is 5.69 Å². The molecule has 0 radical (unpaired) electrons. The third kappa shape index (κ3) is 4.48. The van der Waals surface area contributed by atoms with Crippen molar-refractivity contribution in [2.24, 2.45) is 0 Å². The Morgan fingerprint density at radius 1 is 1.24 bits per heavy atom. The molecule has 0 saturated carbocycles. The monoisotopic (exact) mass is 308 g/mol. The van der Waals surface area contributed by atoms with E-state index in [0.717, 1.165) is 22.6 Å². The van der Waals surface area contributed by atoms with Crippen molar-refractivity contribution >= 4 is 11.6 Å². The fraction of sp³-hybridized carbons (Fsp3) is 0.438. The van der Waals surface area contributed by atoms with E-state index in [1.807, 2.05) is 26.0 Å². The fourth-order valence-corrected chi connectivity index (χ4v) is 2.25. The van der Waals surface area contributed by atoms with Crippen molar-refractivity contribution in [2.75, 3.05) is 0 Å². The lowest BCUT2D eigenvalue weighted by atomic mass is 10.1. The van der Waals surface area contributed by atoms with Crippen LogP contribution in [0, 0.1) is 13.8 Å². The second-order valence-corrected chi connectivity index (χ2v) is 6.62. The lowest BCUT2D eigenvalue weighted by Gasteiger charge is -2.19. The van der Waals surface area contributed by atoms with Crippen LogP contribution in [0.2, 0.25) is 5.02 Å². The van der Waals surface area contributed by atoms with Crippen LogP contribution in [-0.4, -0.2) is 10.5 Å². The number of nitrogens with zero attached hydrogens (tertiary/aromatic N) is 1. The number of hydrogen-bond donors (Lipinski definition) is 1. The molecule has 4 nitrogen and oxygen atoms in total. The van der Waals surface area contributed by atoms with Gasteiger partial charge in [-0.1, -0.05) is 11.6 Å². The lowest BCUT2D eigenvalue weighted by Crippen LogP contribution is -2.35. The topological polar surface area (TPSA) is 47.3 Å². The molecule has 0 unspecified atom stereocenters. The minimum absolute atomic E-state index is 0.0311. The van der Waals surface area contributed by atoms with Crippen molar-refractivity contribution in [3.63, 3.8) is 0 Å². The highest BCUT2D eigenvalue weighted by molar-refractivity contribution is 6.30. The number of aryl methyl sites for hydroxylation is 2. The number of ether oxygens (including phenoxy) is 1. The summed E-state index contributed by atoms with van der Waals surface area (Å²) < 4.78 is 11.1. The molecule has 0 spiro atoms. The maximum atomic E-state index is 6.01. The summed E-state index contributed by atoms with van der Waals surface area (Å²) in [5, 5.41) is 4.04. The van der Waals surface area contributed by atoms with Gasteiger partial charge in [-0.15, -0.1) is 0 Å². The summed E-state index contributed by atoms with van der Waals surface area (Å²) >= 11 is 6.01. The van der Waals surface area contributed by atoms with Crippen molar-refractivity contribution in [1.82, 2.24) is 10.3 Å². The highest BCUT2D eigenvalue weighted by atomic mass is 35.5. The third-order valence-corrected chi connectivity index (χ3v) is 3.16. The molecular weight excluding hydrogens is 288 g/mol. The predicted molar refractivity (Wildman–Crippen MR) is 84.1 cm³/mol. The molecule has 0 atom stereocenters. The van der Waals surface area contributed by atoms with Crippen molar-refractivity contribution in [1.29, 1.82) is 0 Å². The summed E-state index contributed by atoms with van der Waals surface area (Å²) in [5.74, 6) is 0.733. The third-order valence-electron chi connectivity index (χ3n) is 2.94. The minimum Gasteiger partial charge on any atom is -0.417 e. The Labute approximate surface area is 130 Å². The maximum absolute atomic E-state index is 6.01. The SMILES string of the molecule is Cc1cc(Cl)cc(C)c1Oc1nc(CNC(C)(C)C)co1. The molecule has 0 amide bonds. The standard InChI is InChI=1S/C16H21ClN2O2/c1-10-6-12(17)7-11(2)14(10)21-15-19-13(9-20-15)8-18-16(3,4)5/h6-7,9,18H,8H2,1-5H3. The van der Waals surface area contributed by atoms with E-state index in [0.29, 0.717) is 11.6 Å². The molecule has 0 saturated heterocycles. The van der Waals surface area contributed by atoms with E-state index in [2.05, 4.69) is 31.1 Å². The second kappa shape index (κ2) is 6.08. The largest absolute Gasteiger partial charge is 0.417 e.